The Morgan fingerprint density at radius 3 is 2.87 bits per heavy atom. The van der Waals surface area contributed by atoms with E-state index in [0.717, 1.165) is 18.5 Å². The fourth-order valence-electron chi connectivity index (χ4n) is 0.947. The summed E-state index contributed by atoms with van der Waals surface area (Å²) in [5.41, 5.74) is -0.764. The third kappa shape index (κ3) is 3.38. The lowest BCUT2D eigenvalue weighted by Gasteiger charge is -2.10. The summed E-state index contributed by atoms with van der Waals surface area (Å²) in [5.74, 6) is -0.0576. The van der Waals surface area contributed by atoms with Gasteiger partial charge in [0.15, 0.2) is 0 Å². The minimum absolute atomic E-state index is 0.00556. The predicted molar refractivity (Wildman–Crippen MR) is 48.7 cm³/mol. The van der Waals surface area contributed by atoms with E-state index >= 15 is 0 Å². The number of alkyl halides is 3. The molecule has 0 radical (unpaired) electrons. The molecule has 3 nitrogen and oxygen atoms in total. The summed E-state index contributed by atoms with van der Waals surface area (Å²) in [6.07, 6.45) is -1.00. The van der Waals surface area contributed by atoms with Gasteiger partial charge < -0.3 is 0 Å². The first-order chi connectivity index (χ1) is 7.05. The average Bonchev–Trinajstić information content (AvgIpc) is 2.17. The number of carbonyl (C=O) groups excluding carboxylic acids is 1. The largest absolute Gasteiger partial charge is 0.416 e. The minimum atomic E-state index is -4.41. The summed E-state index contributed by atoms with van der Waals surface area (Å²) in [7, 11) is 0. The Hall–Kier alpha value is -1.33. The van der Waals surface area contributed by atoms with Crippen molar-refractivity contribution >= 4 is 18.0 Å². The molecule has 0 amide bonds. The second-order valence-corrected chi connectivity index (χ2v) is 3.22. The Balaban J connectivity index is 2.91. The molecule has 0 fully saturated rings. The maximum Gasteiger partial charge on any atom is 0.416 e. The molecule has 0 aliphatic rings. The number of aromatic nitrogens is 1. The van der Waals surface area contributed by atoms with E-state index in [0.29, 0.717) is 11.9 Å². The highest BCUT2D eigenvalue weighted by atomic mass is 32.2. The molecule has 0 saturated carbocycles. The van der Waals surface area contributed by atoms with E-state index in [4.69, 9.17) is 0 Å². The molecule has 80 valence electrons. The molecular weight excluding hydrogens is 229 g/mol. The van der Waals surface area contributed by atoms with Gasteiger partial charge in [0.05, 0.1) is 5.56 Å². The summed E-state index contributed by atoms with van der Waals surface area (Å²) in [5, 5.41) is 0. The van der Waals surface area contributed by atoms with Crippen LogP contribution in [-0.2, 0) is 16.7 Å². The first-order valence-corrected chi connectivity index (χ1v) is 4.69. The topological polar surface area (TPSA) is 42.3 Å². The molecule has 0 unspecified atom stereocenters. The van der Waals surface area contributed by atoms with Gasteiger partial charge >= 0.3 is 6.18 Å². The lowest BCUT2D eigenvalue weighted by atomic mass is 10.1. The molecule has 0 aliphatic heterocycles. The quantitative estimate of drug-likeness (QED) is 0.458. The normalized spacial score (nSPS) is 10.9. The van der Waals surface area contributed by atoms with Crippen LogP contribution in [0.15, 0.2) is 22.9 Å². The van der Waals surface area contributed by atoms with E-state index in [-0.39, 0.29) is 11.3 Å². The minimum Gasteiger partial charge on any atom is -0.264 e. The first kappa shape index (κ1) is 11.7. The van der Waals surface area contributed by atoms with Gasteiger partial charge in [0.25, 0.3) is 0 Å². The Morgan fingerprint density at radius 2 is 2.27 bits per heavy atom. The van der Waals surface area contributed by atoms with Crippen LogP contribution in [0.3, 0.4) is 0 Å². The van der Waals surface area contributed by atoms with Crippen molar-refractivity contribution in [2.24, 2.45) is 4.40 Å². The smallest absolute Gasteiger partial charge is 0.264 e. The van der Waals surface area contributed by atoms with Crippen LogP contribution in [0.5, 0.6) is 0 Å². The Labute approximate surface area is 87.6 Å². The SMILES string of the molecule is O=C=NSCc1cnccc1C(F)(F)F. The zero-order chi connectivity index (χ0) is 11.3. The summed E-state index contributed by atoms with van der Waals surface area (Å²) in [6, 6.07) is 0.889. The van der Waals surface area contributed by atoms with Crippen LogP contribution in [-0.4, -0.2) is 11.1 Å². The Bertz CT molecular complexity index is 388. The molecule has 1 heterocycles. The number of pyridine rings is 1. The molecule has 0 aliphatic carbocycles. The Kier molecular flexibility index (Phi) is 3.88. The molecule has 7 heteroatoms. The highest BCUT2D eigenvalue weighted by molar-refractivity contribution is 7.97. The van der Waals surface area contributed by atoms with Crippen molar-refractivity contribution in [3.8, 4) is 0 Å². The van der Waals surface area contributed by atoms with E-state index in [2.05, 4.69) is 9.38 Å². The molecule has 0 saturated heterocycles. The molecule has 15 heavy (non-hydrogen) atoms. The zero-order valence-corrected chi connectivity index (χ0v) is 8.10. The monoisotopic (exact) mass is 234 g/mol. The van der Waals surface area contributed by atoms with E-state index in [9.17, 15) is 18.0 Å². The van der Waals surface area contributed by atoms with E-state index in [1.54, 1.807) is 0 Å². The van der Waals surface area contributed by atoms with Gasteiger partial charge in [0, 0.05) is 18.1 Å². The lowest BCUT2D eigenvalue weighted by molar-refractivity contribution is -0.138. The van der Waals surface area contributed by atoms with E-state index in [1.807, 2.05) is 0 Å². The summed E-state index contributed by atoms with van der Waals surface area (Å²) >= 11 is 0.698. The molecule has 0 atom stereocenters. The molecule has 0 spiro atoms. The van der Waals surface area contributed by atoms with Crippen molar-refractivity contribution in [2.75, 3.05) is 0 Å². The fraction of sp³-hybridized carbons (Fsp3) is 0.250. The number of isocyanates is 1. The third-order valence-corrected chi connectivity index (χ3v) is 2.17. The maximum absolute atomic E-state index is 12.4. The first-order valence-electron chi connectivity index (χ1n) is 3.75. The van der Waals surface area contributed by atoms with Crippen molar-refractivity contribution in [1.82, 2.24) is 4.98 Å². The van der Waals surface area contributed by atoms with Crippen LogP contribution < -0.4 is 0 Å². The molecule has 0 bridgehead atoms. The molecule has 0 N–H and O–H groups in total. The Morgan fingerprint density at radius 1 is 1.53 bits per heavy atom. The lowest BCUT2D eigenvalue weighted by Crippen LogP contribution is -2.08. The van der Waals surface area contributed by atoms with Crippen LogP contribution in [0.25, 0.3) is 0 Å². The van der Waals surface area contributed by atoms with Crippen LogP contribution in [0.1, 0.15) is 11.1 Å². The van der Waals surface area contributed by atoms with Gasteiger partial charge in [-0.05, 0) is 23.6 Å². The van der Waals surface area contributed by atoms with Gasteiger partial charge in [0.2, 0.25) is 6.08 Å². The van der Waals surface area contributed by atoms with E-state index < -0.39 is 11.7 Å². The number of halogens is 3. The van der Waals surface area contributed by atoms with Crippen LogP contribution in [0.2, 0.25) is 0 Å². The van der Waals surface area contributed by atoms with Gasteiger partial charge in [-0.2, -0.15) is 13.2 Å². The standard InChI is InChI=1S/C8H5F3N2OS/c9-8(10,11)7-1-2-12-3-6(7)4-15-13-5-14/h1-3H,4H2. The molecular formula is C8H5F3N2OS. The van der Waals surface area contributed by atoms with Gasteiger partial charge in [-0.1, -0.05) is 0 Å². The number of nitrogens with zero attached hydrogens (tertiary/aromatic N) is 2. The molecule has 0 aromatic carbocycles. The highest BCUT2D eigenvalue weighted by Gasteiger charge is 2.32. The van der Waals surface area contributed by atoms with E-state index in [1.165, 1.54) is 6.08 Å². The van der Waals surface area contributed by atoms with Crippen LogP contribution in [0.4, 0.5) is 13.2 Å². The molecule has 1 aromatic heterocycles. The van der Waals surface area contributed by atoms with Crippen molar-refractivity contribution in [2.45, 2.75) is 11.9 Å². The van der Waals surface area contributed by atoms with Gasteiger partial charge in [-0.3, -0.25) is 4.98 Å². The average molecular weight is 234 g/mol. The van der Waals surface area contributed by atoms with Crippen molar-refractivity contribution in [3.05, 3.63) is 29.6 Å². The van der Waals surface area contributed by atoms with Gasteiger partial charge in [-0.15, -0.1) is 4.40 Å². The predicted octanol–water partition coefficient (Wildman–Crippen LogP) is 2.58. The van der Waals surface area contributed by atoms with Gasteiger partial charge in [-0.25, -0.2) is 4.79 Å². The second-order valence-electron chi connectivity index (χ2n) is 2.49. The number of hydrogen-bond donors (Lipinski definition) is 0. The number of rotatable bonds is 3. The highest BCUT2D eigenvalue weighted by Crippen LogP contribution is 2.32. The third-order valence-electron chi connectivity index (χ3n) is 1.53. The van der Waals surface area contributed by atoms with Crippen LogP contribution >= 0.6 is 11.9 Å². The summed E-state index contributed by atoms with van der Waals surface area (Å²) in [4.78, 5) is 13.3. The van der Waals surface area contributed by atoms with Crippen molar-refractivity contribution in [1.29, 1.82) is 0 Å². The molecule has 1 aromatic rings. The van der Waals surface area contributed by atoms with Crippen molar-refractivity contribution < 1.29 is 18.0 Å². The summed E-state index contributed by atoms with van der Waals surface area (Å²) in [6.45, 7) is 0. The van der Waals surface area contributed by atoms with Gasteiger partial charge in [0.1, 0.15) is 0 Å². The fourth-order valence-corrected chi connectivity index (χ4v) is 1.43. The molecule has 1 rings (SSSR count). The van der Waals surface area contributed by atoms with Crippen LogP contribution in [0, 0.1) is 0 Å². The zero-order valence-electron chi connectivity index (χ0n) is 7.28. The number of hydrogen-bond acceptors (Lipinski definition) is 4. The second kappa shape index (κ2) is 4.95. The van der Waals surface area contributed by atoms with Crippen molar-refractivity contribution in [3.63, 3.8) is 0 Å². The summed E-state index contributed by atoms with van der Waals surface area (Å²) < 4.78 is 40.3. The maximum atomic E-state index is 12.4.